The highest BCUT2D eigenvalue weighted by atomic mass is 19.2. The van der Waals surface area contributed by atoms with Gasteiger partial charge in [0.15, 0.2) is 23.3 Å². The van der Waals surface area contributed by atoms with Crippen molar-refractivity contribution >= 4 is 0 Å². The first kappa shape index (κ1) is 16.2. The van der Waals surface area contributed by atoms with E-state index in [1.54, 1.807) is 0 Å². The van der Waals surface area contributed by atoms with Crippen molar-refractivity contribution in [1.82, 2.24) is 5.43 Å². The van der Waals surface area contributed by atoms with Gasteiger partial charge < -0.3 is 0 Å². The van der Waals surface area contributed by atoms with Gasteiger partial charge in [-0.2, -0.15) is 0 Å². The van der Waals surface area contributed by atoms with E-state index >= 15 is 0 Å². The normalized spacial score (nSPS) is 24.1. The minimum Gasteiger partial charge on any atom is -0.271 e. The zero-order chi connectivity index (χ0) is 15.7. The van der Waals surface area contributed by atoms with Crippen LogP contribution in [-0.4, -0.2) is 0 Å². The molecular weight excluding hydrogens is 291 g/mol. The van der Waals surface area contributed by atoms with Gasteiger partial charge in [0.25, 0.3) is 0 Å². The summed E-state index contributed by atoms with van der Waals surface area (Å²) in [5, 5.41) is 0. The first-order chi connectivity index (χ1) is 9.88. The quantitative estimate of drug-likeness (QED) is 0.294. The molecule has 21 heavy (non-hydrogen) atoms. The van der Waals surface area contributed by atoms with Gasteiger partial charge in [-0.05, 0) is 24.7 Å². The molecule has 1 saturated carbocycles. The molecule has 0 heterocycles. The molecule has 0 bridgehead atoms. The number of halogens is 5. The molecule has 7 heteroatoms. The topological polar surface area (TPSA) is 38.0 Å². The Kier molecular flexibility index (Phi) is 4.83. The maximum atomic E-state index is 13.9. The summed E-state index contributed by atoms with van der Waals surface area (Å²) in [5.41, 5.74) is 1.36. The van der Waals surface area contributed by atoms with Crippen molar-refractivity contribution < 1.29 is 22.0 Å². The Morgan fingerprint density at radius 3 is 1.71 bits per heavy atom. The molecule has 0 radical (unpaired) electrons. The number of benzene rings is 1. The summed E-state index contributed by atoms with van der Waals surface area (Å²) in [6, 6.07) is -1.10. The molecule has 2 rings (SSSR count). The van der Waals surface area contributed by atoms with Gasteiger partial charge in [-0.15, -0.1) is 0 Å². The second kappa shape index (κ2) is 6.27. The molecule has 0 aliphatic heterocycles. The highest BCUT2D eigenvalue weighted by Gasteiger charge is 2.35. The van der Waals surface area contributed by atoms with E-state index in [-0.39, 0.29) is 5.92 Å². The fraction of sp³-hybridized carbons (Fsp3) is 0.571. The van der Waals surface area contributed by atoms with Crippen LogP contribution in [0.4, 0.5) is 22.0 Å². The van der Waals surface area contributed by atoms with Gasteiger partial charge in [0, 0.05) is 5.56 Å². The summed E-state index contributed by atoms with van der Waals surface area (Å²) < 4.78 is 67.4. The van der Waals surface area contributed by atoms with Gasteiger partial charge in [-0.1, -0.05) is 19.8 Å². The molecule has 2 nitrogen and oxygen atoms in total. The highest BCUT2D eigenvalue weighted by molar-refractivity contribution is 5.27. The summed E-state index contributed by atoms with van der Waals surface area (Å²) >= 11 is 0. The van der Waals surface area contributed by atoms with E-state index in [0.29, 0.717) is 18.8 Å². The minimum absolute atomic E-state index is 0.264. The van der Waals surface area contributed by atoms with E-state index in [2.05, 4.69) is 12.3 Å². The maximum Gasteiger partial charge on any atom is 0.200 e. The van der Waals surface area contributed by atoms with E-state index in [1.807, 2.05) is 0 Å². The smallest absolute Gasteiger partial charge is 0.200 e. The lowest BCUT2D eigenvalue weighted by Gasteiger charge is -2.33. The first-order valence-corrected chi connectivity index (χ1v) is 6.85. The lowest BCUT2D eigenvalue weighted by molar-refractivity contribution is 0.221. The molecule has 1 unspecified atom stereocenters. The zero-order valence-electron chi connectivity index (χ0n) is 11.5. The fourth-order valence-corrected chi connectivity index (χ4v) is 2.97. The number of hydrogen-bond acceptors (Lipinski definition) is 2. The predicted molar refractivity (Wildman–Crippen MR) is 67.4 cm³/mol. The molecular formula is C14H17F5N2. The van der Waals surface area contributed by atoms with E-state index in [9.17, 15) is 22.0 Å². The number of nitrogens with one attached hydrogen (secondary N) is 1. The molecule has 1 aliphatic carbocycles. The first-order valence-electron chi connectivity index (χ1n) is 6.85. The van der Waals surface area contributed by atoms with Crippen LogP contribution in [0.25, 0.3) is 0 Å². The van der Waals surface area contributed by atoms with Gasteiger partial charge in [0.2, 0.25) is 5.82 Å². The summed E-state index contributed by atoms with van der Waals surface area (Å²) in [7, 11) is 0. The molecule has 1 fully saturated rings. The SMILES string of the molecule is CC1CCC(C(NN)c2c(F)c(F)c(F)c(F)c2F)CC1. The molecule has 0 aromatic heterocycles. The Morgan fingerprint density at radius 2 is 1.29 bits per heavy atom. The summed E-state index contributed by atoms with van der Waals surface area (Å²) in [4.78, 5) is 0. The molecule has 1 aromatic rings. The third-order valence-electron chi connectivity index (χ3n) is 4.27. The van der Waals surface area contributed by atoms with Gasteiger partial charge in [0.1, 0.15) is 0 Å². The maximum absolute atomic E-state index is 13.9. The fourth-order valence-electron chi connectivity index (χ4n) is 2.97. The molecule has 1 atom stereocenters. The third-order valence-corrected chi connectivity index (χ3v) is 4.27. The second-order valence-electron chi connectivity index (χ2n) is 5.65. The average molecular weight is 308 g/mol. The Hall–Kier alpha value is -1.21. The van der Waals surface area contributed by atoms with Crippen molar-refractivity contribution in [2.24, 2.45) is 17.7 Å². The summed E-state index contributed by atoms with van der Waals surface area (Å²) in [6.45, 7) is 2.06. The van der Waals surface area contributed by atoms with Crippen molar-refractivity contribution in [2.45, 2.75) is 38.6 Å². The van der Waals surface area contributed by atoms with Gasteiger partial charge in [-0.3, -0.25) is 11.3 Å². The molecule has 0 saturated heterocycles. The molecule has 1 aliphatic rings. The molecule has 3 N–H and O–H groups in total. The molecule has 0 spiro atoms. The molecule has 0 amide bonds. The lowest BCUT2D eigenvalue weighted by Crippen LogP contribution is -2.37. The van der Waals surface area contributed by atoms with E-state index < -0.39 is 40.7 Å². The van der Waals surface area contributed by atoms with Crippen molar-refractivity contribution in [3.63, 3.8) is 0 Å². The second-order valence-corrected chi connectivity index (χ2v) is 5.65. The van der Waals surface area contributed by atoms with Gasteiger partial charge in [0.05, 0.1) is 6.04 Å². The van der Waals surface area contributed by atoms with Crippen LogP contribution in [0, 0.1) is 40.9 Å². The van der Waals surface area contributed by atoms with Crippen LogP contribution in [0.3, 0.4) is 0 Å². The molecule has 1 aromatic carbocycles. The van der Waals surface area contributed by atoms with Crippen molar-refractivity contribution in [1.29, 1.82) is 0 Å². The zero-order valence-corrected chi connectivity index (χ0v) is 11.5. The Morgan fingerprint density at radius 1 is 0.857 bits per heavy atom. The van der Waals surface area contributed by atoms with Gasteiger partial charge in [-0.25, -0.2) is 22.0 Å². The van der Waals surface area contributed by atoms with Crippen LogP contribution in [0.2, 0.25) is 0 Å². The van der Waals surface area contributed by atoms with Crippen molar-refractivity contribution in [3.8, 4) is 0 Å². The van der Waals surface area contributed by atoms with Gasteiger partial charge >= 0.3 is 0 Å². The Balaban J connectivity index is 2.43. The number of hydrogen-bond donors (Lipinski definition) is 2. The minimum atomic E-state index is -2.15. The number of nitrogens with two attached hydrogens (primary N) is 1. The summed E-state index contributed by atoms with van der Waals surface area (Å²) in [5.74, 6) is -4.11. The monoisotopic (exact) mass is 308 g/mol. The summed E-state index contributed by atoms with van der Waals surface area (Å²) in [6.07, 6.45) is 2.90. The van der Waals surface area contributed by atoms with Crippen LogP contribution in [0.15, 0.2) is 0 Å². The van der Waals surface area contributed by atoms with Crippen molar-refractivity contribution in [3.05, 3.63) is 34.6 Å². The standard InChI is InChI=1S/C14H17F5N2/c1-6-2-4-7(5-3-6)14(21-20)8-9(15)11(17)13(19)12(18)10(8)16/h6-7,14,21H,2-5,20H2,1H3. The number of hydrazine groups is 1. The van der Waals surface area contributed by atoms with E-state index in [0.717, 1.165) is 12.8 Å². The van der Waals surface area contributed by atoms with Crippen LogP contribution < -0.4 is 11.3 Å². The van der Waals surface area contributed by atoms with Crippen LogP contribution in [0.5, 0.6) is 0 Å². The van der Waals surface area contributed by atoms with E-state index in [1.165, 1.54) is 0 Å². The highest BCUT2D eigenvalue weighted by Crippen LogP contribution is 2.39. The largest absolute Gasteiger partial charge is 0.271 e. The Bertz CT molecular complexity index is 498. The van der Waals surface area contributed by atoms with E-state index in [4.69, 9.17) is 5.84 Å². The average Bonchev–Trinajstić information content (AvgIpc) is 2.49. The molecule has 118 valence electrons. The lowest BCUT2D eigenvalue weighted by atomic mass is 9.77. The third kappa shape index (κ3) is 2.89. The van der Waals surface area contributed by atoms with Crippen LogP contribution in [-0.2, 0) is 0 Å². The van der Waals surface area contributed by atoms with Crippen molar-refractivity contribution in [2.75, 3.05) is 0 Å². The Labute approximate surface area is 119 Å². The van der Waals surface area contributed by atoms with Crippen LogP contribution >= 0.6 is 0 Å². The predicted octanol–water partition coefficient (Wildman–Crippen LogP) is 3.71. The number of rotatable bonds is 3. The van der Waals surface area contributed by atoms with Crippen LogP contribution in [0.1, 0.15) is 44.2 Å².